The number of aryl methyl sites for hydroxylation is 1. The molecule has 1 aliphatic heterocycles. The minimum atomic E-state index is -0.106. The molecule has 1 aliphatic rings. The lowest BCUT2D eigenvalue weighted by molar-refractivity contribution is -0.108. The molecular weight excluding hydrogens is 300 g/mol. The van der Waals surface area contributed by atoms with Gasteiger partial charge in [0, 0.05) is 36.0 Å². The molecule has 0 radical (unpaired) electrons. The first kappa shape index (κ1) is 16.5. The molecule has 0 unspecified atom stereocenters. The molecule has 3 rings (SSSR count). The van der Waals surface area contributed by atoms with E-state index in [4.69, 9.17) is 0 Å². The first-order valence-corrected chi connectivity index (χ1v) is 8.55. The topological polar surface area (TPSA) is 42.3 Å². The third kappa shape index (κ3) is 2.88. The minimum absolute atomic E-state index is 0.106. The third-order valence-electron chi connectivity index (χ3n) is 5.36. The van der Waals surface area contributed by atoms with Gasteiger partial charge < -0.3 is 14.3 Å². The standard InChI is InChI=1S/C20H24N2O2/c1-3-20(17-7-5-4-6-8-17)9-10-21(15-20)18-13-16(2)22(11-12-23)19(24)14-18/h4-8,12-14H,3,9-11,15H2,1-2H3/t20-/m1/s1. The molecule has 2 heterocycles. The monoisotopic (exact) mass is 324 g/mol. The molecule has 0 aliphatic carbocycles. The van der Waals surface area contributed by atoms with Gasteiger partial charge in [-0.25, -0.2) is 0 Å². The van der Waals surface area contributed by atoms with Gasteiger partial charge in [0.05, 0.1) is 6.54 Å². The van der Waals surface area contributed by atoms with Crippen molar-refractivity contribution in [1.82, 2.24) is 4.57 Å². The number of aldehydes is 1. The van der Waals surface area contributed by atoms with E-state index in [0.29, 0.717) is 0 Å². The number of rotatable bonds is 5. The Balaban J connectivity index is 1.90. The molecule has 0 spiro atoms. The van der Waals surface area contributed by atoms with Crippen molar-refractivity contribution in [3.8, 4) is 0 Å². The largest absolute Gasteiger partial charge is 0.370 e. The lowest BCUT2D eigenvalue weighted by atomic mass is 9.77. The van der Waals surface area contributed by atoms with E-state index in [9.17, 15) is 9.59 Å². The Morgan fingerprint density at radius 3 is 2.58 bits per heavy atom. The number of aromatic nitrogens is 1. The Bertz CT molecular complexity index is 782. The molecule has 0 saturated carbocycles. The molecule has 0 amide bonds. The molecule has 4 nitrogen and oxygen atoms in total. The second-order valence-electron chi connectivity index (χ2n) is 6.64. The first-order chi connectivity index (χ1) is 11.6. The van der Waals surface area contributed by atoms with Crippen molar-refractivity contribution in [2.75, 3.05) is 18.0 Å². The zero-order valence-electron chi connectivity index (χ0n) is 14.4. The van der Waals surface area contributed by atoms with Gasteiger partial charge in [0.25, 0.3) is 5.56 Å². The van der Waals surface area contributed by atoms with Crippen LogP contribution in [-0.4, -0.2) is 23.9 Å². The summed E-state index contributed by atoms with van der Waals surface area (Å²) in [7, 11) is 0. The van der Waals surface area contributed by atoms with Crippen LogP contribution in [-0.2, 0) is 16.8 Å². The Kier molecular flexibility index (Phi) is 4.56. The Morgan fingerprint density at radius 1 is 1.21 bits per heavy atom. The smallest absolute Gasteiger partial charge is 0.253 e. The second-order valence-corrected chi connectivity index (χ2v) is 6.64. The maximum atomic E-state index is 12.3. The number of hydrogen-bond donors (Lipinski definition) is 0. The van der Waals surface area contributed by atoms with Gasteiger partial charge in [-0.05, 0) is 31.4 Å². The summed E-state index contributed by atoms with van der Waals surface area (Å²) in [6, 6.07) is 14.3. The fourth-order valence-electron chi connectivity index (χ4n) is 3.82. The highest BCUT2D eigenvalue weighted by Crippen LogP contribution is 2.39. The van der Waals surface area contributed by atoms with Crippen LogP contribution in [0.1, 0.15) is 31.0 Å². The Morgan fingerprint density at radius 2 is 1.96 bits per heavy atom. The van der Waals surface area contributed by atoms with Crippen LogP contribution >= 0.6 is 0 Å². The van der Waals surface area contributed by atoms with Gasteiger partial charge in [-0.1, -0.05) is 37.3 Å². The van der Waals surface area contributed by atoms with Gasteiger partial charge in [-0.3, -0.25) is 4.79 Å². The van der Waals surface area contributed by atoms with E-state index in [1.54, 1.807) is 6.07 Å². The van der Waals surface area contributed by atoms with Gasteiger partial charge in [-0.15, -0.1) is 0 Å². The van der Waals surface area contributed by atoms with Crippen molar-refractivity contribution in [2.24, 2.45) is 0 Å². The fraction of sp³-hybridized carbons (Fsp3) is 0.400. The van der Waals surface area contributed by atoms with Gasteiger partial charge in [0.2, 0.25) is 0 Å². The van der Waals surface area contributed by atoms with Crippen LogP contribution in [0.25, 0.3) is 0 Å². The molecule has 1 saturated heterocycles. The van der Waals surface area contributed by atoms with Gasteiger partial charge in [-0.2, -0.15) is 0 Å². The van der Waals surface area contributed by atoms with Crippen LogP contribution in [0.15, 0.2) is 47.3 Å². The number of benzene rings is 1. The third-order valence-corrected chi connectivity index (χ3v) is 5.36. The molecule has 1 atom stereocenters. The maximum Gasteiger partial charge on any atom is 0.253 e. The van der Waals surface area contributed by atoms with Crippen molar-refractivity contribution in [3.63, 3.8) is 0 Å². The summed E-state index contributed by atoms with van der Waals surface area (Å²) >= 11 is 0. The summed E-state index contributed by atoms with van der Waals surface area (Å²) in [6.45, 7) is 6.11. The van der Waals surface area contributed by atoms with E-state index in [0.717, 1.165) is 43.6 Å². The quantitative estimate of drug-likeness (QED) is 0.794. The molecule has 0 N–H and O–H groups in total. The molecule has 126 valence electrons. The highest BCUT2D eigenvalue weighted by molar-refractivity contribution is 5.53. The minimum Gasteiger partial charge on any atom is -0.370 e. The van der Waals surface area contributed by atoms with Crippen molar-refractivity contribution in [2.45, 2.75) is 38.6 Å². The number of nitrogens with zero attached hydrogens (tertiary/aromatic N) is 2. The summed E-state index contributed by atoms with van der Waals surface area (Å²) in [5, 5.41) is 0. The summed E-state index contributed by atoms with van der Waals surface area (Å²) < 4.78 is 1.51. The molecule has 4 heteroatoms. The SMILES string of the molecule is CC[C@@]1(c2ccccc2)CCN(c2cc(C)n(CC=O)c(=O)c2)C1. The summed E-state index contributed by atoms with van der Waals surface area (Å²) in [4.78, 5) is 25.3. The average molecular weight is 324 g/mol. The van der Waals surface area contributed by atoms with E-state index in [2.05, 4.69) is 42.2 Å². The fourth-order valence-corrected chi connectivity index (χ4v) is 3.82. The lowest BCUT2D eigenvalue weighted by Gasteiger charge is -2.29. The van der Waals surface area contributed by atoms with Gasteiger partial charge in [0.1, 0.15) is 6.29 Å². The molecule has 1 fully saturated rings. The van der Waals surface area contributed by atoms with Crippen LogP contribution in [0, 0.1) is 6.92 Å². The molecule has 1 aromatic carbocycles. The van der Waals surface area contributed by atoms with Crippen LogP contribution in [0.2, 0.25) is 0 Å². The predicted molar refractivity (Wildman–Crippen MR) is 96.7 cm³/mol. The zero-order chi connectivity index (χ0) is 17.2. The molecule has 1 aromatic heterocycles. The Labute approximate surface area is 142 Å². The van der Waals surface area contributed by atoms with Crippen LogP contribution in [0.4, 0.5) is 5.69 Å². The van der Waals surface area contributed by atoms with Gasteiger partial charge >= 0.3 is 0 Å². The highest BCUT2D eigenvalue weighted by atomic mass is 16.1. The number of carbonyl (C=O) groups excluding carboxylic acids is 1. The summed E-state index contributed by atoms with van der Waals surface area (Å²) in [6.07, 6.45) is 2.93. The molecule has 2 aromatic rings. The Hall–Kier alpha value is -2.36. The predicted octanol–water partition coefficient (Wildman–Crippen LogP) is 2.91. The van der Waals surface area contributed by atoms with Crippen LogP contribution in [0.5, 0.6) is 0 Å². The number of anilines is 1. The number of carbonyl (C=O) groups is 1. The van der Waals surface area contributed by atoms with Crippen LogP contribution < -0.4 is 10.5 Å². The van der Waals surface area contributed by atoms with E-state index in [1.165, 1.54) is 10.1 Å². The number of hydrogen-bond acceptors (Lipinski definition) is 3. The molecular formula is C20H24N2O2. The van der Waals surface area contributed by atoms with Crippen molar-refractivity contribution in [3.05, 3.63) is 64.1 Å². The van der Waals surface area contributed by atoms with Crippen molar-refractivity contribution in [1.29, 1.82) is 0 Å². The normalized spacial score (nSPS) is 20.3. The van der Waals surface area contributed by atoms with E-state index in [-0.39, 0.29) is 17.5 Å². The van der Waals surface area contributed by atoms with E-state index in [1.807, 2.05) is 13.0 Å². The summed E-state index contributed by atoms with van der Waals surface area (Å²) in [5.41, 5.74) is 3.21. The van der Waals surface area contributed by atoms with E-state index < -0.39 is 0 Å². The van der Waals surface area contributed by atoms with Crippen molar-refractivity contribution >= 4 is 12.0 Å². The van der Waals surface area contributed by atoms with E-state index >= 15 is 0 Å². The zero-order valence-corrected chi connectivity index (χ0v) is 14.4. The highest BCUT2D eigenvalue weighted by Gasteiger charge is 2.38. The summed E-state index contributed by atoms with van der Waals surface area (Å²) in [5.74, 6) is 0. The number of pyridine rings is 1. The average Bonchev–Trinajstić information content (AvgIpc) is 3.05. The first-order valence-electron chi connectivity index (χ1n) is 8.55. The van der Waals surface area contributed by atoms with Crippen LogP contribution in [0.3, 0.4) is 0 Å². The molecule has 0 bridgehead atoms. The molecule has 24 heavy (non-hydrogen) atoms. The second kappa shape index (κ2) is 6.63. The van der Waals surface area contributed by atoms with Crippen molar-refractivity contribution < 1.29 is 4.79 Å². The lowest BCUT2D eigenvalue weighted by Crippen LogP contribution is -2.32. The maximum absolute atomic E-state index is 12.3. The van der Waals surface area contributed by atoms with Gasteiger partial charge in [0.15, 0.2) is 0 Å².